The van der Waals surface area contributed by atoms with Crippen molar-refractivity contribution in [1.29, 1.82) is 0 Å². The van der Waals surface area contributed by atoms with Crippen LogP contribution in [0.3, 0.4) is 0 Å². The molecule has 0 saturated heterocycles. The van der Waals surface area contributed by atoms with Crippen LogP contribution in [0.5, 0.6) is 0 Å². The molecule has 20 heavy (non-hydrogen) atoms. The highest BCUT2D eigenvalue weighted by molar-refractivity contribution is 5.49. The van der Waals surface area contributed by atoms with Crippen molar-refractivity contribution in [2.45, 2.75) is 13.5 Å². The summed E-state index contributed by atoms with van der Waals surface area (Å²) in [7, 11) is 0. The average molecular weight is 265 g/mol. The van der Waals surface area contributed by atoms with Crippen LogP contribution in [-0.4, -0.2) is 11.6 Å². The van der Waals surface area contributed by atoms with E-state index in [-0.39, 0.29) is 0 Å². The van der Waals surface area contributed by atoms with E-state index in [9.17, 15) is 0 Å². The Hall–Kier alpha value is -2.10. The molecule has 3 nitrogen and oxygen atoms in total. The highest BCUT2D eigenvalue weighted by Crippen LogP contribution is 2.16. The summed E-state index contributed by atoms with van der Waals surface area (Å²) in [6.45, 7) is 3.88. The van der Waals surface area contributed by atoms with Crippen molar-refractivity contribution < 1.29 is 0 Å². The van der Waals surface area contributed by atoms with Crippen LogP contribution in [0.4, 0.5) is 5.69 Å². The van der Waals surface area contributed by atoms with Gasteiger partial charge in [0.15, 0.2) is 0 Å². The molecule has 0 amide bonds. The molecular weight excluding hydrogens is 246 g/mol. The first-order valence-corrected chi connectivity index (χ1v) is 6.89. The second-order valence-corrected chi connectivity index (χ2v) is 5.06. The molecule has 0 aliphatic carbocycles. The zero-order chi connectivity index (χ0) is 13.8. The zero-order valence-electron chi connectivity index (χ0n) is 11.7. The lowest BCUT2D eigenvalue weighted by atomic mass is 10.2. The number of benzene rings is 2. The van der Waals surface area contributed by atoms with Crippen molar-refractivity contribution in [3.05, 3.63) is 78.0 Å². The summed E-state index contributed by atoms with van der Waals surface area (Å²) < 4.78 is 0. The van der Waals surface area contributed by atoms with E-state index in [0.29, 0.717) is 0 Å². The molecule has 1 N–H and O–H groups in total. The lowest BCUT2D eigenvalue weighted by molar-refractivity contribution is 0.190. The van der Waals surface area contributed by atoms with Crippen LogP contribution >= 0.6 is 0 Å². The normalized spacial score (nSPS) is 15.6. The van der Waals surface area contributed by atoms with E-state index in [1.165, 1.54) is 11.1 Å². The smallest absolute Gasteiger partial charge is 0.0584 e. The molecule has 0 radical (unpaired) electrons. The fourth-order valence-electron chi connectivity index (χ4n) is 2.26. The Morgan fingerprint density at radius 1 is 1.00 bits per heavy atom. The molecule has 0 aromatic heterocycles. The van der Waals surface area contributed by atoms with Crippen LogP contribution in [0.25, 0.3) is 0 Å². The minimum atomic E-state index is 0.882. The molecular formula is C17H19N3. The van der Waals surface area contributed by atoms with Gasteiger partial charge in [0.25, 0.3) is 0 Å². The topological polar surface area (TPSA) is 18.5 Å². The highest BCUT2D eigenvalue weighted by atomic mass is 15.8. The predicted octanol–water partition coefficient (Wildman–Crippen LogP) is 3.25. The van der Waals surface area contributed by atoms with E-state index < -0.39 is 0 Å². The van der Waals surface area contributed by atoms with Gasteiger partial charge in [0.2, 0.25) is 0 Å². The van der Waals surface area contributed by atoms with Crippen molar-refractivity contribution in [2.24, 2.45) is 0 Å². The van der Waals surface area contributed by atoms with E-state index in [1.807, 2.05) is 11.1 Å². The van der Waals surface area contributed by atoms with Gasteiger partial charge in [-0.1, -0.05) is 54.1 Å². The molecule has 1 aliphatic rings. The summed E-state index contributed by atoms with van der Waals surface area (Å²) in [6.07, 6.45) is 4.24. The van der Waals surface area contributed by atoms with Gasteiger partial charge in [-0.05, 0) is 24.6 Å². The minimum absolute atomic E-state index is 0.882. The van der Waals surface area contributed by atoms with E-state index in [1.54, 1.807) is 0 Å². The second-order valence-electron chi connectivity index (χ2n) is 5.06. The monoisotopic (exact) mass is 265 g/mol. The molecule has 2 aromatic carbocycles. The first kappa shape index (κ1) is 12.9. The number of hydrazine groups is 2. The standard InChI is InChI=1S/C17H19N3/c1-15-8-10-17(11-9-15)20-13-5-12-19(18-20)14-16-6-3-2-4-7-16/h2-11,13,18H,12,14H2,1H3. The number of aryl methyl sites for hydroxylation is 1. The number of hydrogen-bond donors (Lipinski definition) is 1. The third-order valence-electron chi connectivity index (χ3n) is 3.36. The molecule has 0 bridgehead atoms. The number of anilines is 1. The summed E-state index contributed by atoms with van der Waals surface area (Å²) >= 11 is 0. The maximum Gasteiger partial charge on any atom is 0.0584 e. The van der Waals surface area contributed by atoms with E-state index in [2.05, 4.69) is 78.3 Å². The summed E-state index contributed by atoms with van der Waals surface area (Å²) in [5, 5.41) is 4.24. The Morgan fingerprint density at radius 2 is 1.75 bits per heavy atom. The minimum Gasteiger partial charge on any atom is -0.271 e. The van der Waals surface area contributed by atoms with Gasteiger partial charge in [0.1, 0.15) is 0 Å². The molecule has 3 heteroatoms. The molecule has 0 saturated carbocycles. The molecule has 0 atom stereocenters. The number of nitrogens with zero attached hydrogens (tertiary/aromatic N) is 2. The Balaban J connectivity index is 1.69. The molecule has 0 spiro atoms. The zero-order valence-corrected chi connectivity index (χ0v) is 11.7. The maximum absolute atomic E-state index is 3.42. The van der Waals surface area contributed by atoms with Gasteiger partial charge < -0.3 is 0 Å². The lowest BCUT2D eigenvalue weighted by Crippen LogP contribution is -2.50. The first-order valence-electron chi connectivity index (χ1n) is 6.89. The summed E-state index contributed by atoms with van der Waals surface area (Å²) in [4.78, 5) is 0. The van der Waals surface area contributed by atoms with Crippen molar-refractivity contribution in [3.8, 4) is 0 Å². The van der Waals surface area contributed by atoms with Crippen molar-refractivity contribution in [2.75, 3.05) is 11.6 Å². The van der Waals surface area contributed by atoms with Crippen LogP contribution in [0.2, 0.25) is 0 Å². The molecule has 0 unspecified atom stereocenters. The van der Waals surface area contributed by atoms with Gasteiger partial charge in [-0.2, -0.15) is 5.53 Å². The summed E-state index contributed by atoms with van der Waals surface area (Å²) in [5.74, 6) is 0. The van der Waals surface area contributed by atoms with Crippen molar-refractivity contribution in [3.63, 3.8) is 0 Å². The molecule has 102 valence electrons. The average Bonchev–Trinajstić information content (AvgIpc) is 2.49. The van der Waals surface area contributed by atoms with Crippen molar-refractivity contribution >= 4 is 5.69 Å². The largest absolute Gasteiger partial charge is 0.271 e. The van der Waals surface area contributed by atoms with E-state index in [0.717, 1.165) is 18.8 Å². The molecule has 2 aromatic rings. The highest BCUT2D eigenvalue weighted by Gasteiger charge is 2.13. The SMILES string of the molecule is Cc1ccc(N2C=CCN(Cc3ccccc3)N2)cc1. The van der Waals surface area contributed by atoms with Gasteiger partial charge in [-0.3, -0.25) is 5.01 Å². The van der Waals surface area contributed by atoms with E-state index >= 15 is 0 Å². The number of rotatable bonds is 3. The molecule has 1 aliphatic heterocycles. The maximum atomic E-state index is 3.42. The third-order valence-corrected chi connectivity index (χ3v) is 3.36. The first-order chi connectivity index (χ1) is 9.81. The van der Waals surface area contributed by atoms with Gasteiger partial charge in [-0.15, -0.1) is 0 Å². The van der Waals surface area contributed by atoms with Crippen LogP contribution < -0.4 is 10.5 Å². The number of hydrogen-bond acceptors (Lipinski definition) is 3. The van der Waals surface area contributed by atoms with Crippen LogP contribution in [-0.2, 0) is 6.54 Å². The van der Waals surface area contributed by atoms with Crippen LogP contribution in [0.15, 0.2) is 66.9 Å². The second kappa shape index (κ2) is 5.90. The Bertz CT molecular complexity index is 575. The summed E-state index contributed by atoms with van der Waals surface area (Å²) in [5.41, 5.74) is 7.14. The number of nitrogens with one attached hydrogen (secondary N) is 1. The van der Waals surface area contributed by atoms with Crippen molar-refractivity contribution in [1.82, 2.24) is 10.5 Å². The molecule has 3 rings (SSSR count). The van der Waals surface area contributed by atoms with Gasteiger partial charge in [-0.25, -0.2) is 5.01 Å². The van der Waals surface area contributed by atoms with Gasteiger partial charge in [0.05, 0.1) is 5.69 Å². The molecule has 1 heterocycles. The third kappa shape index (κ3) is 3.07. The lowest BCUT2D eigenvalue weighted by Gasteiger charge is -2.33. The Labute approximate surface area is 120 Å². The quantitative estimate of drug-likeness (QED) is 0.919. The fraction of sp³-hybridized carbons (Fsp3) is 0.176. The van der Waals surface area contributed by atoms with Crippen LogP contribution in [0, 0.1) is 6.92 Å². The predicted molar refractivity (Wildman–Crippen MR) is 82.8 cm³/mol. The summed E-state index contributed by atoms with van der Waals surface area (Å²) in [6, 6.07) is 19.0. The Morgan fingerprint density at radius 3 is 2.50 bits per heavy atom. The Kier molecular flexibility index (Phi) is 3.81. The van der Waals surface area contributed by atoms with Crippen LogP contribution in [0.1, 0.15) is 11.1 Å². The van der Waals surface area contributed by atoms with Gasteiger partial charge in [0, 0.05) is 19.3 Å². The fourth-order valence-corrected chi connectivity index (χ4v) is 2.26. The van der Waals surface area contributed by atoms with Gasteiger partial charge >= 0.3 is 0 Å². The van der Waals surface area contributed by atoms with E-state index in [4.69, 9.17) is 0 Å². The molecule has 0 fully saturated rings.